The van der Waals surface area contributed by atoms with Crippen LogP contribution in [0.1, 0.15) is 18.2 Å². The number of carboxylic acid groups (broad SMARTS) is 1. The van der Waals surface area contributed by atoms with E-state index in [0.29, 0.717) is 6.42 Å². The average molecular weight is 417 g/mol. The number of aliphatic hydroxyl groups excluding tert-OH is 1. The van der Waals surface area contributed by atoms with E-state index in [9.17, 15) is 19.5 Å². The molecule has 4 N–H and O–H groups in total. The minimum absolute atomic E-state index is 0.0432. The normalized spacial score (nSPS) is 25.1. The summed E-state index contributed by atoms with van der Waals surface area (Å²) in [7, 11) is 1.41. The Morgan fingerprint density at radius 1 is 1.46 bits per heavy atom. The summed E-state index contributed by atoms with van der Waals surface area (Å²) in [5.74, 6) is -1.06. The van der Waals surface area contributed by atoms with Crippen molar-refractivity contribution < 1.29 is 24.5 Å². The van der Waals surface area contributed by atoms with Crippen LogP contribution >= 0.6 is 6.89 Å². The summed E-state index contributed by atoms with van der Waals surface area (Å²) in [6.07, 6.45) is 3.67. The van der Waals surface area contributed by atoms with Crippen molar-refractivity contribution in [2.24, 2.45) is 0 Å². The van der Waals surface area contributed by atoms with E-state index in [4.69, 9.17) is 14.6 Å². The maximum atomic E-state index is 12.3. The summed E-state index contributed by atoms with van der Waals surface area (Å²) in [5.41, 5.74) is -1.15. The fourth-order valence-electron chi connectivity index (χ4n) is 3.06. The number of aromatic amines is 1. The molecule has 2 rings (SSSR count). The predicted octanol–water partition coefficient (Wildman–Crippen LogP) is -0.917. The summed E-state index contributed by atoms with van der Waals surface area (Å²) >= 11 is 0. The highest BCUT2D eigenvalue weighted by Gasteiger charge is 2.45. The minimum atomic E-state index is -1.31. The van der Waals surface area contributed by atoms with Crippen LogP contribution in [0.4, 0.5) is 0 Å². The third kappa shape index (κ3) is 5.65. The van der Waals surface area contributed by atoms with Gasteiger partial charge in [-0.2, -0.15) is 0 Å². The fraction of sp³-hybridized carbons (Fsp3) is 0.647. The molecular weight excluding hydrogens is 389 g/mol. The number of nitrogens with one attached hydrogen (secondary N) is 2. The van der Waals surface area contributed by atoms with E-state index in [1.807, 2.05) is 0 Å². The van der Waals surface area contributed by atoms with E-state index in [-0.39, 0.29) is 18.7 Å². The maximum Gasteiger partial charge on any atom is 0.330 e. The van der Waals surface area contributed by atoms with Gasteiger partial charge in [-0.15, -0.1) is 13.2 Å². The molecule has 1 aliphatic heterocycles. The zero-order chi connectivity index (χ0) is 21.1. The molecule has 4 atom stereocenters. The van der Waals surface area contributed by atoms with Gasteiger partial charge in [-0.05, 0) is 25.9 Å². The Hall–Kier alpha value is -1.71. The van der Waals surface area contributed by atoms with E-state index in [1.165, 1.54) is 17.9 Å². The smallest absolute Gasteiger partial charge is 0.330 e. The number of rotatable bonds is 9. The number of aromatic nitrogens is 2. The molecule has 0 bridgehead atoms. The minimum Gasteiger partial charge on any atom is -0.480 e. The van der Waals surface area contributed by atoms with Crippen LogP contribution < -0.4 is 16.6 Å². The van der Waals surface area contributed by atoms with Crippen molar-refractivity contribution in [3.8, 4) is 0 Å². The predicted molar refractivity (Wildman–Crippen MR) is 107 cm³/mol. The second-order valence-electron chi connectivity index (χ2n) is 7.52. The van der Waals surface area contributed by atoms with Gasteiger partial charge in [0, 0.05) is 25.4 Å². The topological polar surface area (TPSA) is 143 Å². The number of methoxy groups -OCH3 is 1. The molecule has 11 heteroatoms. The number of carboxylic acids is 1. The first-order valence-electron chi connectivity index (χ1n) is 8.84. The third-order valence-corrected chi connectivity index (χ3v) is 5.98. The molecule has 28 heavy (non-hydrogen) atoms. The van der Waals surface area contributed by atoms with Crippen molar-refractivity contribution in [1.29, 1.82) is 0 Å². The number of nitrogens with zero attached hydrogens (tertiary/aromatic N) is 1. The number of carbonyl (C=O) groups is 1. The van der Waals surface area contributed by atoms with Gasteiger partial charge in [0.25, 0.3) is 5.56 Å². The largest absolute Gasteiger partial charge is 0.480 e. The molecule has 1 aromatic heterocycles. The lowest BCUT2D eigenvalue weighted by Gasteiger charge is -2.21. The average Bonchev–Trinajstić information content (AvgIpc) is 2.89. The Morgan fingerprint density at radius 3 is 2.71 bits per heavy atom. The highest BCUT2D eigenvalue weighted by atomic mass is 31.2. The summed E-state index contributed by atoms with van der Waals surface area (Å²) in [4.78, 5) is 37.1. The second kappa shape index (κ2) is 9.19. The van der Waals surface area contributed by atoms with Crippen LogP contribution in [0.2, 0.25) is 0 Å². The number of aliphatic hydroxyl groups is 1. The molecule has 1 saturated heterocycles. The van der Waals surface area contributed by atoms with Gasteiger partial charge in [0.15, 0.2) is 6.23 Å². The Bertz CT molecular complexity index is 859. The zero-order valence-corrected chi connectivity index (χ0v) is 17.1. The summed E-state index contributed by atoms with van der Waals surface area (Å²) in [6.45, 7) is 2.49. The summed E-state index contributed by atoms with van der Waals surface area (Å²) in [5, 5.41) is 21.9. The Labute approximate surface area is 162 Å². The summed E-state index contributed by atoms with van der Waals surface area (Å²) < 4.78 is 12.4. The molecule has 1 aromatic rings. The van der Waals surface area contributed by atoms with Crippen molar-refractivity contribution in [1.82, 2.24) is 14.9 Å². The fourth-order valence-corrected chi connectivity index (χ4v) is 4.01. The number of hydrogen-bond donors (Lipinski definition) is 4. The molecule has 0 saturated carbocycles. The van der Waals surface area contributed by atoms with Gasteiger partial charge in [0.05, 0.1) is 12.6 Å². The van der Waals surface area contributed by atoms with Gasteiger partial charge < -0.3 is 25.0 Å². The third-order valence-electron chi connectivity index (χ3n) is 4.51. The van der Waals surface area contributed by atoms with E-state index in [1.54, 1.807) is 0 Å². The van der Waals surface area contributed by atoms with Crippen molar-refractivity contribution in [2.45, 2.75) is 37.5 Å². The molecule has 10 nitrogen and oxygen atoms in total. The van der Waals surface area contributed by atoms with Crippen LogP contribution in [0.15, 0.2) is 15.8 Å². The molecule has 1 unspecified atom stereocenters. The lowest BCUT2D eigenvalue weighted by molar-refractivity contribution is -0.136. The molecular formula is C17H28N3O7P. The Balaban J connectivity index is 2.26. The van der Waals surface area contributed by atoms with Crippen molar-refractivity contribution >= 4 is 19.2 Å². The lowest BCUT2D eigenvalue weighted by atomic mass is 10.1. The molecule has 158 valence electrons. The van der Waals surface area contributed by atoms with Gasteiger partial charge >= 0.3 is 11.7 Å². The summed E-state index contributed by atoms with van der Waals surface area (Å²) in [6, 6.07) is 0. The standard InChI is InChI=1S/C17H28N3O7P/c1-26-14-13(23)11(5-6-28(2,3)4)27-16(14)20-9-10(7-18-8-12(21)22)15(24)19-17(20)25/h9,11,13-14,16,18,23H,2,5-8H2,1,3-4H3,(H,21,22)(H,19,24,25)/t11-,13-,14-,16?/m1/s1. The molecule has 0 spiro atoms. The molecule has 0 aliphatic carbocycles. The van der Waals surface area contributed by atoms with Crippen LogP contribution in [0, 0.1) is 0 Å². The first-order valence-corrected chi connectivity index (χ1v) is 11.9. The molecule has 0 amide bonds. The molecule has 2 heterocycles. The quantitative estimate of drug-likeness (QED) is 0.378. The van der Waals surface area contributed by atoms with Crippen LogP contribution in [-0.2, 0) is 20.8 Å². The van der Waals surface area contributed by atoms with E-state index < -0.39 is 48.6 Å². The molecule has 0 radical (unpaired) electrons. The van der Waals surface area contributed by atoms with Gasteiger partial charge in [-0.3, -0.25) is 19.1 Å². The molecule has 1 aliphatic rings. The van der Waals surface area contributed by atoms with E-state index in [2.05, 4.69) is 29.9 Å². The van der Waals surface area contributed by atoms with Crippen molar-refractivity contribution in [2.75, 3.05) is 33.1 Å². The monoisotopic (exact) mass is 417 g/mol. The van der Waals surface area contributed by atoms with Gasteiger partial charge in [-0.25, -0.2) is 4.79 Å². The second-order valence-corrected chi connectivity index (χ2v) is 11.8. The van der Waals surface area contributed by atoms with Gasteiger partial charge in [0.2, 0.25) is 0 Å². The molecule has 0 aromatic carbocycles. The van der Waals surface area contributed by atoms with Crippen LogP contribution in [0.3, 0.4) is 0 Å². The Morgan fingerprint density at radius 2 is 2.14 bits per heavy atom. The Kier molecular flexibility index (Phi) is 7.41. The number of aliphatic carboxylic acids is 1. The van der Waals surface area contributed by atoms with E-state index >= 15 is 0 Å². The highest BCUT2D eigenvalue weighted by Crippen LogP contribution is 2.39. The number of H-pyrrole nitrogens is 1. The van der Waals surface area contributed by atoms with Crippen molar-refractivity contribution in [3.63, 3.8) is 0 Å². The lowest BCUT2D eigenvalue weighted by Crippen LogP contribution is -2.40. The first-order chi connectivity index (χ1) is 13.0. The van der Waals surface area contributed by atoms with Crippen LogP contribution in [-0.4, -0.2) is 83.5 Å². The van der Waals surface area contributed by atoms with Crippen LogP contribution in [0.5, 0.6) is 0 Å². The van der Waals surface area contributed by atoms with Gasteiger partial charge in [0.1, 0.15) is 12.2 Å². The highest BCUT2D eigenvalue weighted by molar-refractivity contribution is 7.72. The van der Waals surface area contributed by atoms with E-state index in [0.717, 1.165) is 6.16 Å². The molecule has 1 fully saturated rings. The van der Waals surface area contributed by atoms with Gasteiger partial charge in [-0.1, -0.05) is 0 Å². The SMILES string of the molecule is C=P(C)(C)CC[C@H]1OC(n2cc(CNCC(=O)O)c(=O)[nH]c2=O)[C@H](OC)[C@@H]1O. The maximum absolute atomic E-state index is 12.3. The van der Waals surface area contributed by atoms with Crippen molar-refractivity contribution in [3.05, 3.63) is 32.6 Å². The van der Waals surface area contributed by atoms with Crippen LogP contribution in [0.25, 0.3) is 0 Å². The first kappa shape index (κ1) is 22.6. The zero-order valence-electron chi connectivity index (χ0n) is 16.3. The number of ether oxygens (including phenoxy) is 2. The number of hydrogen-bond acceptors (Lipinski definition) is 7.